The van der Waals surface area contributed by atoms with Crippen molar-refractivity contribution in [2.24, 2.45) is 0 Å². The van der Waals surface area contributed by atoms with Crippen LogP contribution in [0.3, 0.4) is 0 Å². The van der Waals surface area contributed by atoms with E-state index in [0.29, 0.717) is 6.61 Å². The Kier molecular flexibility index (Phi) is 3.57. The van der Waals surface area contributed by atoms with Crippen LogP contribution in [-0.2, 0) is 9.53 Å². The molecule has 0 radical (unpaired) electrons. The molecule has 4 heteroatoms. The molecule has 1 saturated carbocycles. The molecular formula is C11H19NO2S. The molecular weight excluding hydrogens is 210 g/mol. The molecule has 86 valence electrons. The number of carbonyl (C=O) groups is 1. The maximum atomic E-state index is 11.6. The second kappa shape index (κ2) is 4.74. The molecule has 2 fully saturated rings. The van der Waals surface area contributed by atoms with Crippen LogP contribution in [0.25, 0.3) is 0 Å². The van der Waals surface area contributed by atoms with Gasteiger partial charge in [-0.15, -0.1) is 11.8 Å². The van der Waals surface area contributed by atoms with Gasteiger partial charge in [-0.05, 0) is 19.8 Å². The van der Waals surface area contributed by atoms with E-state index in [1.807, 2.05) is 18.7 Å². The van der Waals surface area contributed by atoms with Crippen molar-refractivity contribution in [3.63, 3.8) is 0 Å². The van der Waals surface area contributed by atoms with E-state index in [-0.39, 0.29) is 16.9 Å². The zero-order valence-corrected chi connectivity index (χ0v) is 10.1. The number of carbonyl (C=O) groups excluding carboxylic acids is 1. The van der Waals surface area contributed by atoms with E-state index < -0.39 is 0 Å². The molecule has 0 bridgehead atoms. The first-order valence-corrected chi connectivity index (χ1v) is 6.83. The number of esters is 1. The van der Waals surface area contributed by atoms with E-state index in [4.69, 9.17) is 4.74 Å². The van der Waals surface area contributed by atoms with E-state index in [9.17, 15) is 4.79 Å². The summed E-state index contributed by atoms with van der Waals surface area (Å²) in [6, 6.07) is -0.0759. The summed E-state index contributed by atoms with van der Waals surface area (Å²) in [4.78, 5) is 11.8. The fraction of sp³-hybridized carbons (Fsp3) is 0.909. The van der Waals surface area contributed by atoms with Crippen molar-refractivity contribution in [2.75, 3.05) is 12.4 Å². The largest absolute Gasteiger partial charge is 0.465 e. The molecule has 0 aromatic carbocycles. The summed E-state index contributed by atoms with van der Waals surface area (Å²) >= 11 is 1.92. The highest BCUT2D eigenvalue weighted by Gasteiger charge is 2.42. The predicted octanol–water partition coefficient (Wildman–Crippen LogP) is 1.91. The van der Waals surface area contributed by atoms with Gasteiger partial charge in [0.1, 0.15) is 6.04 Å². The van der Waals surface area contributed by atoms with E-state index >= 15 is 0 Å². The lowest BCUT2D eigenvalue weighted by atomic mass is 9.94. The summed E-state index contributed by atoms with van der Waals surface area (Å²) < 4.78 is 5.05. The molecule has 3 nitrogen and oxygen atoms in total. The van der Waals surface area contributed by atoms with E-state index in [0.717, 1.165) is 5.75 Å². The average molecular weight is 229 g/mol. The minimum absolute atomic E-state index is 0.0759. The number of rotatable bonds is 2. The molecule has 1 saturated heterocycles. The Morgan fingerprint density at radius 3 is 2.87 bits per heavy atom. The monoisotopic (exact) mass is 229 g/mol. The van der Waals surface area contributed by atoms with Crippen molar-refractivity contribution in [1.82, 2.24) is 5.32 Å². The lowest BCUT2D eigenvalue weighted by Crippen LogP contribution is -2.46. The molecule has 15 heavy (non-hydrogen) atoms. The van der Waals surface area contributed by atoms with Crippen LogP contribution < -0.4 is 5.32 Å². The third kappa shape index (κ3) is 2.48. The zero-order valence-electron chi connectivity index (χ0n) is 9.25. The smallest absolute Gasteiger partial charge is 0.324 e. The molecule has 0 aromatic rings. The highest BCUT2D eigenvalue weighted by Crippen LogP contribution is 2.42. The van der Waals surface area contributed by atoms with Gasteiger partial charge < -0.3 is 4.74 Å². The standard InChI is InChI=1S/C11H19NO2S/c1-2-14-10(13)9-8-15-11(12-9)6-4-3-5-7-11/h9,12H,2-8H2,1H3. The van der Waals surface area contributed by atoms with Crippen molar-refractivity contribution in [1.29, 1.82) is 0 Å². The number of nitrogens with one attached hydrogen (secondary N) is 1. The number of hydrogen-bond donors (Lipinski definition) is 1. The summed E-state index contributed by atoms with van der Waals surface area (Å²) in [7, 11) is 0. The summed E-state index contributed by atoms with van der Waals surface area (Å²) in [6.45, 7) is 2.34. The predicted molar refractivity (Wildman–Crippen MR) is 61.8 cm³/mol. The van der Waals surface area contributed by atoms with Crippen molar-refractivity contribution in [3.8, 4) is 0 Å². The third-order valence-corrected chi connectivity index (χ3v) is 4.77. The fourth-order valence-corrected chi connectivity index (χ4v) is 3.93. The summed E-state index contributed by atoms with van der Waals surface area (Å²) in [6.07, 6.45) is 6.32. The van der Waals surface area contributed by atoms with Gasteiger partial charge in [0.15, 0.2) is 0 Å². The average Bonchev–Trinajstić information content (AvgIpc) is 2.64. The van der Waals surface area contributed by atoms with Crippen LogP contribution in [0.5, 0.6) is 0 Å². The van der Waals surface area contributed by atoms with Crippen molar-refractivity contribution >= 4 is 17.7 Å². The third-order valence-electron chi connectivity index (χ3n) is 3.20. The molecule has 2 rings (SSSR count). The molecule has 0 aromatic heterocycles. The summed E-state index contributed by atoms with van der Waals surface area (Å²) in [5, 5.41) is 3.48. The molecule has 1 N–H and O–H groups in total. The van der Waals surface area contributed by atoms with Gasteiger partial charge in [-0.3, -0.25) is 10.1 Å². The van der Waals surface area contributed by atoms with Crippen molar-refractivity contribution in [2.45, 2.75) is 49.9 Å². The Labute approximate surface area is 95.3 Å². The van der Waals surface area contributed by atoms with Gasteiger partial charge >= 0.3 is 5.97 Å². The lowest BCUT2D eigenvalue weighted by Gasteiger charge is -2.33. The second-order valence-electron chi connectivity index (χ2n) is 4.31. The van der Waals surface area contributed by atoms with Crippen LogP contribution in [0.2, 0.25) is 0 Å². The van der Waals surface area contributed by atoms with Gasteiger partial charge in [-0.1, -0.05) is 19.3 Å². The van der Waals surface area contributed by atoms with Crippen LogP contribution in [0.15, 0.2) is 0 Å². The van der Waals surface area contributed by atoms with E-state index in [1.165, 1.54) is 32.1 Å². The highest BCUT2D eigenvalue weighted by atomic mass is 32.2. The maximum Gasteiger partial charge on any atom is 0.324 e. The molecule has 1 heterocycles. The maximum absolute atomic E-state index is 11.6. The first-order valence-electron chi connectivity index (χ1n) is 5.84. The van der Waals surface area contributed by atoms with Crippen LogP contribution in [0, 0.1) is 0 Å². The van der Waals surface area contributed by atoms with Crippen LogP contribution in [0.1, 0.15) is 39.0 Å². The quantitative estimate of drug-likeness (QED) is 0.734. The minimum Gasteiger partial charge on any atom is -0.465 e. The molecule has 0 amide bonds. The SMILES string of the molecule is CCOC(=O)C1CSC2(CCCCC2)N1. The van der Waals surface area contributed by atoms with E-state index in [2.05, 4.69) is 5.32 Å². The summed E-state index contributed by atoms with van der Waals surface area (Å²) in [5.41, 5.74) is 0. The van der Waals surface area contributed by atoms with Gasteiger partial charge in [0, 0.05) is 5.75 Å². The Bertz CT molecular complexity index is 239. The summed E-state index contributed by atoms with van der Waals surface area (Å²) in [5.74, 6) is 0.797. The van der Waals surface area contributed by atoms with Gasteiger partial charge in [0.25, 0.3) is 0 Å². The Balaban J connectivity index is 1.90. The topological polar surface area (TPSA) is 38.3 Å². The van der Waals surface area contributed by atoms with Gasteiger partial charge in [0.2, 0.25) is 0 Å². The normalized spacial score (nSPS) is 29.3. The molecule has 1 unspecified atom stereocenters. The van der Waals surface area contributed by atoms with E-state index in [1.54, 1.807) is 0 Å². The van der Waals surface area contributed by atoms with Crippen molar-refractivity contribution < 1.29 is 9.53 Å². The first kappa shape index (κ1) is 11.3. The van der Waals surface area contributed by atoms with Gasteiger partial charge in [0.05, 0.1) is 11.5 Å². The molecule has 1 aliphatic heterocycles. The minimum atomic E-state index is -0.0764. The van der Waals surface area contributed by atoms with Crippen LogP contribution in [0.4, 0.5) is 0 Å². The number of thioether (sulfide) groups is 1. The Hall–Kier alpha value is -0.220. The second-order valence-corrected chi connectivity index (χ2v) is 5.72. The fourth-order valence-electron chi connectivity index (χ4n) is 2.43. The molecule has 1 atom stereocenters. The van der Waals surface area contributed by atoms with Gasteiger partial charge in [-0.25, -0.2) is 0 Å². The van der Waals surface area contributed by atoms with Crippen LogP contribution in [-0.4, -0.2) is 29.2 Å². The highest BCUT2D eigenvalue weighted by molar-refractivity contribution is 8.00. The van der Waals surface area contributed by atoms with Crippen LogP contribution >= 0.6 is 11.8 Å². The number of hydrogen-bond acceptors (Lipinski definition) is 4. The lowest BCUT2D eigenvalue weighted by molar-refractivity contribution is -0.145. The molecule has 2 aliphatic rings. The first-order chi connectivity index (χ1) is 7.26. The molecule has 1 aliphatic carbocycles. The Morgan fingerprint density at radius 2 is 2.20 bits per heavy atom. The number of ether oxygens (including phenoxy) is 1. The van der Waals surface area contributed by atoms with Gasteiger partial charge in [-0.2, -0.15) is 0 Å². The Morgan fingerprint density at radius 1 is 1.47 bits per heavy atom. The van der Waals surface area contributed by atoms with Crippen molar-refractivity contribution in [3.05, 3.63) is 0 Å². The molecule has 1 spiro atoms. The zero-order chi connectivity index (χ0) is 10.7.